The third-order valence-corrected chi connectivity index (χ3v) is 7.87. The van der Waals surface area contributed by atoms with Gasteiger partial charge in [0.15, 0.2) is 6.23 Å². The summed E-state index contributed by atoms with van der Waals surface area (Å²) in [5.41, 5.74) is 2.82. The summed E-state index contributed by atoms with van der Waals surface area (Å²) < 4.78 is 11.6. The van der Waals surface area contributed by atoms with Crippen molar-refractivity contribution in [2.45, 2.75) is 51.3 Å². The van der Waals surface area contributed by atoms with E-state index >= 15 is 0 Å². The van der Waals surface area contributed by atoms with Gasteiger partial charge in [-0.1, -0.05) is 42.9 Å². The second-order valence-electron chi connectivity index (χ2n) is 10.5. The first-order valence-corrected chi connectivity index (χ1v) is 13.3. The van der Waals surface area contributed by atoms with Crippen molar-refractivity contribution in [3.8, 4) is 23.3 Å². The number of aliphatic hydroxyl groups is 1. The van der Waals surface area contributed by atoms with Gasteiger partial charge in [0.25, 0.3) is 0 Å². The average molecular weight is 528 g/mol. The quantitative estimate of drug-likeness (QED) is 0.285. The number of aliphatic carboxylic acids is 1. The van der Waals surface area contributed by atoms with Crippen LogP contribution in [0.3, 0.4) is 0 Å². The molecule has 0 aromatic heterocycles. The van der Waals surface area contributed by atoms with E-state index in [9.17, 15) is 20.3 Å². The molecule has 2 aliphatic heterocycles. The van der Waals surface area contributed by atoms with Crippen LogP contribution in [-0.4, -0.2) is 28.8 Å². The molecule has 5 atom stereocenters. The molecule has 8 heteroatoms. The molecule has 0 amide bonds. The van der Waals surface area contributed by atoms with E-state index in [2.05, 4.69) is 42.7 Å². The minimum Gasteiger partial charge on any atom is -0.493 e. The molecule has 4 N–H and O–H groups in total. The molecule has 8 nitrogen and oxygen atoms in total. The summed E-state index contributed by atoms with van der Waals surface area (Å²) >= 11 is 0. The molecule has 39 heavy (non-hydrogen) atoms. The van der Waals surface area contributed by atoms with Crippen LogP contribution in [0.4, 0.5) is 0 Å². The lowest BCUT2D eigenvalue weighted by Gasteiger charge is -2.34. The van der Waals surface area contributed by atoms with Gasteiger partial charge < -0.3 is 30.3 Å². The van der Waals surface area contributed by atoms with E-state index in [4.69, 9.17) is 9.47 Å². The first-order valence-electron chi connectivity index (χ1n) is 13.3. The van der Waals surface area contributed by atoms with Gasteiger partial charge in [-0.15, -0.1) is 0 Å². The fourth-order valence-electron chi connectivity index (χ4n) is 5.40. The highest BCUT2D eigenvalue weighted by Crippen LogP contribution is 2.40. The zero-order valence-electron chi connectivity index (χ0n) is 22.1. The monoisotopic (exact) mass is 527 g/mol. The Hall–Kier alpha value is -4.22. The first-order chi connectivity index (χ1) is 18.8. The minimum absolute atomic E-state index is 0.202. The van der Waals surface area contributed by atoms with Gasteiger partial charge in [0.2, 0.25) is 0 Å². The lowest BCUT2D eigenvalue weighted by molar-refractivity contribution is -0.139. The predicted octanol–water partition coefficient (Wildman–Crippen LogP) is 5.24. The van der Waals surface area contributed by atoms with Crippen LogP contribution >= 0.6 is 0 Å². The zero-order valence-corrected chi connectivity index (χ0v) is 22.1. The van der Waals surface area contributed by atoms with Crippen molar-refractivity contribution < 1.29 is 24.5 Å². The number of carboxylic acids is 1. The summed E-state index contributed by atoms with van der Waals surface area (Å²) in [6.07, 6.45) is 10.0. The molecule has 2 heterocycles. The van der Waals surface area contributed by atoms with Gasteiger partial charge >= 0.3 is 5.97 Å². The van der Waals surface area contributed by atoms with E-state index in [1.807, 2.05) is 12.2 Å². The Balaban J connectivity index is 1.23. The number of hydrogen-bond donors (Lipinski definition) is 4. The number of fused-ring (bicyclic) bond motifs is 1. The third kappa shape index (κ3) is 5.79. The van der Waals surface area contributed by atoms with E-state index in [0.717, 1.165) is 18.7 Å². The average Bonchev–Trinajstić information content (AvgIpc) is 2.94. The van der Waals surface area contributed by atoms with Gasteiger partial charge in [0.1, 0.15) is 29.1 Å². The minimum atomic E-state index is -0.943. The van der Waals surface area contributed by atoms with Gasteiger partial charge in [-0.05, 0) is 62.3 Å². The lowest BCUT2D eigenvalue weighted by Crippen LogP contribution is -2.42. The molecule has 5 rings (SSSR count). The zero-order chi connectivity index (χ0) is 27.5. The smallest absolute Gasteiger partial charge is 0.311 e. The van der Waals surface area contributed by atoms with Crippen LogP contribution in [0.25, 0.3) is 0 Å². The second kappa shape index (κ2) is 11.3. The number of rotatable bonds is 7. The van der Waals surface area contributed by atoms with Crippen molar-refractivity contribution in [2.75, 3.05) is 6.61 Å². The Kier molecular flexibility index (Phi) is 7.62. The van der Waals surface area contributed by atoms with Crippen LogP contribution in [0.5, 0.6) is 17.2 Å². The van der Waals surface area contributed by atoms with Gasteiger partial charge in [0, 0.05) is 23.2 Å². The lowest BCUT2D eigenvalue weighted by atomic mass is 9.78. The SMILES string of the molecule is CC1=CC[C@@H]([C@H]2C=CC=C(NC(O)c3ccc(Oc4cc5c(cc4C#N)C(C(=O)O)CCO5)cc3)N2)CC1C. The standard InChI is InChI=1S/C31H33N3O5/c1-18-6-7-21(14-19(18)2)26-4-3-5-29(33-26)34-30(35)20-8-10-23(11-9-20)39-27-16-28-25(15-22(27)17-32)24(31(36)37)12-13-38-28/h3-6,8-11,15-16,19,21,24,26,30,33-35H,7,12-14H2,1-2H3,(H,36,37)/t19?,21-,24?,26-,30?/m1/s1. The summed E-state index contributed by atoms with van der Waals surface area (Å²) in [6, 6.07) is 12.3. The van der Waals surface area contributed by atoms with Crippen molar-refractivity contribution in [3.63, 3.8) is 0 Å². The largest absolute Gasteiger partial charge is 0.493 e. The molecular formula is C31H33N3O5. The number of nitriles is 1. The van der Waals surface area contributed by atoms with Gasteiger partial charge in [-0.25, -0.2) is 0 Å². The van der Waals surface area contributed by atoms with Crippen molar-refractivity contribution in [2.24, 2.45) is 11.8 Å². The van der Waals surface area contributed by atoms with Crippen LogP contribution in [-0.2, 0) is 4.79 Å². The molecule has 3 unspecified atom stereocenters. The molecule has 202 valence electrons. The van der Waals surface area contributed by atoms with Crippen LogP contribution in [0, 0.1) is 23.2 Å². The second-order valence-corrected chi connectivity index (χ2v) is 10.5. The molecule has 0 saturated heterocycles. The number of allylic oxidation sites excluding steroid dienone is 4. The van der Waals surface area contributed by atoms with E-state index in [-0.39, 0.29) is 24.0 Å². The molecule has 0 fully saturated rings. The summed E-state index contributed by atoms with van der Waals surface area (Å²) in [5.74, 6) is 1.35. The van der Waals surface area contributed by atoms with Crippen LogP contribution in [0.1, 0.15) is 61.9 Å². The molecule has 2 aromatic rings. The molecule has 0 bridgehead atoms. The normalized spacial score (nSPS) is 24.6. The molecule has 0 spiro atoms. The van der Waals surface area contributed by atoms with E-state index in [0.29, 0.717) is 40.9 Å². The van der Waals surface area contributed by atoms with Crippen molar-refractivity contribution in [3.05, 3.63) is 88.8 Å². The molecule has 0 radical (unpaired) electrons. The van der Waals surface area contributed by atoms with Crippen LogP contribution < -0.4 is 20.1 Å². The maximum atomic E-state index is 11.6. The highest BCUT2D eigenvalue weighted by molar-refractivity contribution is 5.78. The predicted molar refractivity (Wildman–Crippen MR) is 146 cm³/mol. The van der Waals surface area contributed by atoms with E-state index in [1.54, 1.807) is 30.3 Å². The Morgan fingerprint density at radius 1 is 1.28 bits per heavy atom. The molecule has 0 saturated carbocycles. The topological polar surface area (TPSA) is 124 Å². The highest BCUT2D eigenvalue weighted by atomic mass is 16.5. The fourth-order valence-corrected chi connectivity index (χ4v) is 5.40. The van der Waals surface area contributed by atoms with E-state index < -0.39 is 18.1 Å². The van der Waals surface area contributed by atoms with Gasteiger partial charge in [-0.2, -0.15) is 5.26 Å². The van der Waals surface area contributed by atoms with Crippen molar-refractivity contribution >= 4 is 5.97 Å². The number of carbonyl (C=O) groups is 1. The number of nitrogens with zero attached hydrogens (tertiary/aromatic N) is 1. The molecular weight excluding hydrogens is 494 g/mol. The van der Waals surface area contributed by atoms with Crippen LogP contribution in [0.15, 0.2) is 72.1 Å². The number of hydrogen-bond acceptors (Lipinski definition) is 7. The summed E-state index contributed by atoms with van der Waals surface area (Å²) in [6.45, 7) is 4.75. The Morgan fingerprint density at radius 2 is 2.08 bits per heavy atom. The number of ether oxygens (including phenoxy) is 2. The first kappa shape index (κ1) is 26.4. The van der Waals surface area contributed by atoms with Crippen LogP contribution in [0.2, 0.25) is 0 Å². The maximum absolute atomic E-state index is 11.6. The Bertz CT molecular complexity index is 1370. The van der Waals surface area contributed by atoms with Crippen molar-refractivity contribution in [1.29, 1.82) is 5.26 Å². The molecule has 3 aliphatic rings. The number of benzene rings is 2. The summed E-state index contributed by atoms with van der Waals surface area (Å²) in [7, 11) is 0. The number of dihydropyridines is 1. The van der Waals surface area contributed by atoms with E-state index in [1.165, 1.54) is 11.6 Å². The van der Waals surface area contributed by atoms with Gasteiger partial charge in [0.05, 0.1) is 18.1 Å². The number of carboxylic acid groups (broad SMARTS) is 1. The molecule has 2 aromatic carbocycles. The number of aliphatic hydroxyl groups excluding tert-OH is 1. The Labute approximate surface area is 228 Å². The Morgan fingerprint density at radius 3 is 2.79 bits per heavy atom. The van der Waals surface area contributed by atoms with Crippen molar-refractivity contribution in [1.82, 2.24) is 10.6 Å². The molecule has 1 aliphatic carbocycles. The summed E-state index contributed by atoms with van der Waals surface area (Å²) in [5, 5.41) is 36.7. The highest BCUT2D eigenvalue weighted by Gasteiger charge is 2.30. The third-order valence-electron chi connectivity index (χ3n) is 7.87. The maximum Gasteiger partial charge on any atom is 0.311 e. The van der Waals surface area contributed by atoms with Gasteiger partial charge in [-0.3, -0.25) is 4.79 Å². The number of nitrogens with one attached hydrogen (secondary N) is 2. The fraction of sp³-hybridized carbons (Fsp3) is 0.355. The summed E-state index contributed by atoms with van der Waals surface area (Å²) in [4.78, 5) is 11.6.